The summed E-state index contributed by atoms with van der Waals surface area (Å²) in [5, 5.41) is 14.0. The summed E-state index contributed by atoms with van der Waals surface area (Å²) in [7, 11) is -4.40. The van der Waals surface area contributed by atoms with Crippen molar-refractivity contribution < 1.29 is 22.3 Å². The lowest BCUT2D eigenvalue weighted by Gasteiger charge is -2.08. The molecule has 0 aliphatic rings. The zero-order valence-electron chi connectivity index (χ0n) is 10.5. The lowest BCUT2D eigenvalue weighted by atomic mass is 10.3. The number of benzene rings is 1. The van der Waals surface area contributed by atoms with Crippen LogP contribution < -0.4 is 10.5 Å². The molecule has 0 fully saturated rings. The first-order valence-electron chi connectivity index (χ1n) is 5.40. The molecule has 2 aromatic rings. The summed E-state index contributed by atoms with van der Waals surface area (Å²) in [6.07, 6.45) is 0. The molecule has 0 bridgehead atoms. The van der Waals surface area contributed by atoms with E-state index in [0.29, 0.717) is 11.8 Å². The average Bonchev–Trinajstić information content (AvgIpc) is 2.72. The molecule has 112 valence electrons. The largest absolute Gasteiger partial charge is 0.397 e. The van der Waals surface area contributed by atoms with Crippen molar-refractivity contribution in [2.24, 2.45) is 0 Å². The summed E-state index contributed by atoms with van der Waals surface area (Å²) in [5.74, 6) is -1.16. The number of sulfonamides is 1. The fourth-order valence-corrected chi connectivity index (χ4v) is 2.75. The SMILES string of the molecule is Cc1cc(NS(=O)(=O)c2c(N)cc([N+](=O)[O-])cc2F)no1. The number of nitro benzene ring substituents is 1. The Hall–Kier alpha value is -2.69. The zero-order valence-corrected chi connectivity index (χ0v) is 11.3. The third-order valence-electron chi connectivity index (χ3n) is 2.40. The predicted octanol–water partition coefficient (Wildman–Crippen LogP) is 1.41. The lowest BCUT2D eigenvalue weighted by Crippen LogP contribution is -2.17. The van der Waals surface area contributed by atoms with Gasteiger partial charge in [0.05, 0.1) is 16.7 Å². The Morgan fingerprint density at radius 2 is 2.10 bits per heavy atom. The summed E-state index contributed by atoms with van der Waals surface area (Å²) < 4.78 is 44.6. The molecule has 0 aliphatic heterocycles. The van der Waals surface area contributed by atoms with Gasteiger partial charge in [0.15, 0.2) is 11.6 Å². The van der Waals surface area contributed by atoms with Gasteiger partial charge in [-0.15, -0.1) is 0 Å². The quantitative estimate of drug-likeness (QED) is 0.493. The highest BCUT2D eigenvalue weighted by atomic mass is 32.2. The maximum Gasteiger partial charge on any atom is 0.274 e. The molecule has 0 amide bonds. The first-order valence-corrected chi connectivity index (χ1v) is 6.88. The Balaban J connectivity index is 2.47. The van der Waals surface area contributed by atoms with Gasteiger partial charge in [-0.05, 0) is 6.92 Å². The second kappa shape index (κ2) is 5.01. The highest BCUT2D eigenvalue weighted by Crippen LogP contribution is 2.28. The summed E-state index contributed by atoms with van der Waals surface area (Å²) in [5.41, 5.74) is 4.16. The van der Waals surface area contributed by atoms with Crippen LogP contribution in [0.1, 0.15) is 5.76 Å². The molecule has 0 unspecified atom stereocenters. The number of nitrogens with one attached hydrogen (secondary N) is 1. The normalized spacial score (nSPS) is 11.3. The molecule has 1 aromatic carbocycles. The number of nitrogens with two attached hydrogens (primary N) is 1. The second-order valence-electron chi connectivity index (χ2n) is 4.03. The fourth-order valence-electron chi connectivity index (χ4n) is 1.59. The molecule has 0 aliphatic carbocycles. The molecule has 0 spiro atoms. The van der Waals surface area contributed by atoms with E-state index in [9.17, 15) is 22.9 Å². The van der Waals surface area contributed by atoms with E-state index in [2.05, 4.69) is 9.68 Å². The first kappa shape index (κ1) is 14.7. The molecular formula is C10H9FN4O5S. The molecule has 21 heavy (non-hydrogen) atoms. The Bertz CT molecular complexity index is 794. The van der Waals surface area contributed by atoms with Gasteiger partial charge in [-0.3, -0.25) is 14.8 Å². The van der Waals surface area contributed by atoms with Crippen molar-refractivity contribution in [3.05, 3.63) is 39.9 Å². The zero-order chi connectivity index (χ0) is 15.8. The monoisotopic (exact) mass is 316 g/mol. The van der Waals surface area contributed by atoms with Gasteiger partial charge in [0.1, 0.15) is 10.7 Å². The summed E-state index contributed by atoms with van der Waals surface area (Å²) >= 11 is 0. The van der Waals surface area contributed by atoms with Gasteiger partial charge in [0.25, 0.3) is 15.7 Å². The number of non-ortho nitro benzene ring substituents is 1. The number of nitro groups is 1. The Labute approximate surface area is 117 Å². The minimum atomic E-state index is -4.40. The number of hydrogen-bond acceptors (Lipinski definition) is 7. The summed E-state index contributed by atoms with van der Waals surface area (Å²) in [6.45, 7) is 1.53. The highest BCUT2D eigenvalue weighted by Gasteiger charge is 2.26. The van der Waals surface area contributed by atoms with Crippen molar-refractivity contribution in [2.75, 3.05) is 10.5 Å². The maximum atomic E-state index is 13.8. The van der Waals surface area contributed by atoms with Gasteiger partial charge >= 0.3 is 0 Å². The Morgan fingerprint density at radius 3 is 2.57 bits per heavy atom. The number of aryl methyl sites for hydroxylation is 1. The lowest BCUT2D eigenvalue weighted by molar-refractivity contribution is -0.385. The van der Waals surface area contributed by atoms with E-state index in [1.807, 2.05) is 4.72 Å². The van der Waals surface area contributed by atoms with Crippen molar-refractivity contribution in [1.29, 1.82) is 0 Å². The Kier molecular flexibility index (Phi) is 3.51. The van der Waals surface area contributed by atoms with Crippen molar-refractivity contribution in [1.82, 2.24) is 5.16 Å². The molecule has 1 heterocycles. The van der Waals surface area contributed by atoms with Gasteiger partial charge in [-0.1, -0.05) is 5.16 Å². The molecule has 0 saturated carbocycles. The van der Waals surface area contributed by atoms with E-state index in [4.69, 9.17) is 5.73 Å². The minimum absolute atomic E-state index is 0.162. The molecule has 3 N–H and O–H groups in total. The van der Waals surface area contributed by atoms with E-state index in [0.717, 1.165) is 6.07 Å². The van der Waals surface area contributed by atoms with E-state index in [1.54, 1.807) is 0 Å². The number of halogens is 1. The third-order valence-corrected chi connectivity index (χ3v) is 3.85. The van der Waals surface area contributed by atoms with Crippen molar-refractivity contribution >= 4 is 27.2 Å². The fraction of sp³-hybridized carbons (Fsp3) is 0.100. The molecule has 0 saturated heterocycles. The van der Waals surface area contributed by atoms with Crippen LogP contribution in [0.4, 0.5) is 21.6 Å². The van der Waals surface area contributed by atoms with Crippen LogP contribution in [0.3, 0.4) is 0 Å². The van der Waals surface area contributed by atoms with Crippen LogP contribution in [-0.4, -0.2) is 18.5 Å². The van der Waals surface area contributed by atoms with E-state index in [1.165, 1.54) is 13.0 Å². The third kappa shape index (κ3) is 2.91. The molecule has 0 radical (unpaired) electrons. The number of hydrogen-bond donors (Lipinski definition) is 2. The molecule has 2 rings (SSSR count). The van der Waals surface area contributed by atoms with Gasteiger partial charge in [0, 0.05) is 12.1 Å². The number of nitrogens with zero attached hydrogens (tertiary/aromatic N) is 2. The summed E-state index contributed by atoms with van der Waals surface area (Å²) in [4.78, 5) is 8.78. The van der Waals surface area contributed by atoms with Crippen molar-refractivity contribution in [3.8, 4) is 0 Å². The number of rotatable bonds is 4. The predicted molar refractivity (Wildman–Crippen MR) is 69.5 cm³/mol. The number of aromatic nitrogens is 1. The topological polar surface area (TPSA) is 141 Å². The van der Waals surface area contributed by atoms with Gasteiger partial charge < -0.3 is 10.3 Å². The second-order valence-corrected chi connectivity index (χ2v) is 5.65. The van der Waals surface area contributed by atoms with Crippen LogP contribution in [0.5, 0.6) is 0 Å². The molecular weight excluding hydrogens is 307 g/mol. The van der Waals surface area contributed by atoms with Crippen LogP contribution in [0.25, 0.3) is 0 Å². The van der Waals surface area contributed by atoms with Crippen molar-refractivity contribution in [2.45, 2.75) is 11.8 Å². The van der Waals surface area contributed by atoms with Gasteiger partial charge in [-0.2, -0.15) is 0 Å². The summed E-state index contributed by atoms with van der Waals surface area (Å²) in [6, 6.07) is 2.50. The number of anilines is 2. The van der Waals surface area contributed by atoms with Crippen LogP contribution in [-0.2, 0) is 10.0 Å². The number of nitrogen functional groups attached to an aromatic ring is 1. The maximum absolute atomic E-state index is 13.8. The average molecular weight is 316 g/mol. The van der Waals surface area contributed by atoms with Crippen LogP contribution in [0, 0.1) is 22.9 Å². The van der Waals surface area contributed by atoms with Crippen molar-refractivity contribution in [3.63, 3.8) is 0 Å². The minimum Gasteiger partial charge on any atom is -0.397 e. The first-order chi connectivity index (χ1) is 9.70. The van der Waals surface area contributed by atoms with Crippen LogP contribution >= 0.6 is 0 Å². The molecule has 9 nitrogen and oxygen atoms in total. The van der Waals surface area contributed by atoms with Crippen LogP contribution in [0.15, 0.2) is 27.6 Å². The van der Waals surface area contributed by atoms with E-state index < -0.39 is 37.0 Å². The van der Waals surface area contributed by atoms with E-state index in [-0.39, 0.29) is 5.82 Å². The smallest absolute Gasteiger partial charge is 0.274 e. The van der Waals surface area contributed by atoms with Gasteiger partial charge in [0.2, 0.25) is 0 Å². The molecule has 11 heteroatoms. The van der Waals surface area contributed by atoms with Crippen LogP contribution in [0.2, 0.25) is 0 Å². The molecule has 0 atom stereocenters. The molecule has 1 aromatic heterocycles. The standard InChI is InChI=1S/C10H9FN4O5S/c1-5-2-9(13-20-5)14-21(18,19)10-7(11)3-6(15(16)17)4-8(10)12/h2-4H,12H2,1H3,(H,13,14). The van der Waals surface area contributed by atoms with E-state index >= 15 is 0 Å². The highest BCUT2D eigenvalue weighted by molar-refractivity contribution is 7.92. The Morgan fingerprint density at radius 1 is 1.43 bits per heavy atom. The van der Waals surface area contributed by atoms with Gasteiger partial charge in [-0.25, -0.2) is 12.8 Å².